The monoisotopic (exact) mass is 408 g/mol. The number of carbonyl (C=O) groups excluding carboxylic acids is 1. The molecule has 1 aliphatic heterocycles. The highest BCUT2D eigenvalue weighted by atomic mass is 16.5. The van der Waals surface area contributed by atoms with Gasteiger partial charge in [-0.1, -0.05) is 11.3 Å². The fraction of sp³-hybridized carbons (Fsp3) is 0.381. The Morgan fingerprint density at radius 1 is 1.20 bits per heavy atom. The molecule has 4 heterocycles. The van der Waals surface area contributed by atoms with Gasteiger partial charge in [0, 0.05) is 25.1 Å². The Balaban J connectivity index is 1.29. The van der Waals surface area contributed by atoms with Crippen molar-refractivity contribution in [3.8, 4) is 11.4 Å². The summed E-state index contributed by atoms with van der Waals surface area (Å²) in [6.07, 6.45) is 8.54. The lowest BCUT2D eigenvalue weighted by Gasteiger charge is -2.36. The summed E-state index contributed by atoms with van der Waals surface area (Å²) in [5, 5.41) is 21.0. The van der Waals surface area contributed by atoms with Crippen molar-refractivity contribution in [2.24, 2.45) is 0 Å². The Morgan fingerprint density at radius 2 is 2.13 bits per heavy atom. The van der Waals surface area contributed by atoms with Gasteiger partial charge in [-0.25, -0.2) is 0 Å². The number of aliphatic hydroxyl groups is 1. The van der Waals surface area contributed by atoms with E-state index in [4.69, 9.17) is 4.74 Å². The predicted octanol–water partition coefficient (Wildman–Crippen LogP) is 1.46. The summed E-state index contributed by atoms with van der Waals surface area (Å²) >= 11 is 0. The third-order valence-electron chi connectivity index (χ3n) is 5.18. The lowest BCUT2D eigenvalue weighted by Crippen LogP contribution is -2.51. The summed E-state index contributed by atoms with van der Waals surface area (Å²) in [5.74, 6) is -0.210. The van der Waals surface area contributed by atoms with Crippen LogP contribution >= 0.6 is 0 Å². The molecule has 1 aliphatic rings. The summed E-state index contributed by atoms with van der Waals surface area (Å²) in [6, 6.07) is 8.86. The van der Waals surface area contributed by atoms with Gasteiger partial charge in [-0.3, -0.25) is 19.4 Å². The van der Waals surface area contributed by atoms with Crippen LogP contribution in [0.4, 0.5) is 0 Å². The lowest BCUT2D eigenvalue weighted by molar-refractivity contribution is -0.0912. The number of aliphatic hydroxyl groups excluding tert-OH is 1. The molecule has 0 unspecified atom stereocenters. The average Bonchev–Trinajstić information content (AvgIpc) is 3.28. The molecule has 0 aliphatic carbocycles. The summed E-state index contributed by atoms with van der Waals surface area (Å²) in [6.45, 7) is 0.497. The smallest absolute Gasteiger partial charge is 0.253 e. The van der Waals surface area contributed by atoms with Gasteiger partial charge in [0.15, 0.2) is 0 Å². The Kier molecular flexibility index (Phi) is 6.41. The molecular formula is C21H24N6O3. The zero-order valence-corrected chi connectivity index (χ0v) is 16.5. The molecule has 1 amide bonds. The highest BCUT2D eigenvalue weighted by Crippen LogP contribution is 2.23. The van der Waals surface area contributed by atoms with Crippen molar-refractivity contribution in [2.45, 2.75) is 44.1 Å². The molecule has 156 valence electrons. The fourth-order valence-electron chi connectivity index (χ4n) is 3.57. The molecular weight excluding hydrogens is 384 g/mol. The number of amides is 1. The largest absolute Gasteiger partial charge is 0.394 e. The molecule has 0 bridgehead atoms. The molecule has 0 aromatic carbocycles. The van der Waals surface area contributed by atoms with E-state index in [1.54, 1.807) is 29.2 Å². The maximum absolute atomic E-state index is 12.4. The molecule has 3 atom stereocenters. The second kappa shape index (κ2) is 9.55. The molecule has 2 N–H and O–H groups in total. The molecule has 4 rings (SSSR count). The van der Waals surface area contributed by atoms with E-state index in [2.05, 4.69) is 25.6 Å². The number of carbonyl (C=O) groups is 1. The van der Waals surface area contributed by atoms with Crippen molar-refractivity contribution in [3.05, 3.63) is 60.7 Å². The highest BCUT2D eigenvalue weighted by molar-refractivity contribution is 5.94. The van der Waals surface area contributed by atoms with Gasteiger partial charge in [-0.05, 0) is 43.5 Å². The van der Waals surface area contributed by atoms with Crippen molar-refractivity contribution in [2.75, 3.05) is 6.61 Å². The number of aryl methyl sites for hydroxylation is 1. The van der Waals surface area contributed by atoms with Gasteiger partial charge in [0.1, 0.15) is 11.8 Å². The van der Waals surface area contributed by atoms with E-state index in [0.29, 0.717) is 12.1 Å². The number of rotatable bonds is 7. The summed E-state index contributed by atoms with van der Waals surface area (Å²) in [5.41, 5.74) is 2.00. The van der Waals surface area contributed by atoms with Crippen LogP contribution in [0.2, 0.25) is 0 Å². The van der Waals surface area contributed by atoms with Gasteiger partial charge in [0.25, 0.3) is 5.91 Å². The molecule has 9 nitrogen and oxygen atoms in total. The van der Waals surface area contributed by atoms with Crippen LogP contribution in [0.25, 0.3) is 11.4 Å². The first kappa shape index (κ1) is 20.1. The van der Waals surface area contributed by atoms with Crippen LogP contribution in [0.1, 0.15) is 29.6 Å². The van der Waals surface area contributed by atoms with E-state index in [0.717, 1.165) is 30.7 Å². The van der Waals surface area contributed by atoms with Crippen molar-refractivity contribution in [3.63, 3.8) is 0 Å². The molecule has 0 spiro atoms. The van der Waals surface area contributed by atoms with Crippen molar-refractivity contribution in [1.82, 2.24) is 30.3 Å². The first-order chi connectivity index (χ1) is 14.7. The zero-order chi connectivity index (χ0) is 20.8. The molecule has 9 heteroatoms. The van der Waals surface area contributed by atoms with Crippen LogP contribution in [0.5, 0.6) is 0 Å². The fourth-order valence-corrected chi connectivity index (χ4v) is 3.57. The summed E-state index contributed by atoms with van der Waals surface area (Å²) in [4.78, 5) is 20.6. The van der Waals surface area contributed by atoms with Gasteiger partial charge in [-0.2, -0.15) is 0 Å². The zero-order valence-electron chi connectivity index (χ0n) is 16.5. The van der Waals surface area contributed by atoms with Crippen LogP contribution < -0.4 is 5.32 Å². The van der Waals surface area contributed by atoms with E-state index in [1.807, 2.05) is 24.4 Å². The topological polar surface area (TPSA) is 115 Å². The number of nitrogens with one attached hydrogen (secondary N) is 1. The maximum Gasteiger partial charge on any atom is 0.253 e. The highest BCUT2D eigenvalue weighted by Gasteiger charge is 2.32. The van der Waals surface area contributed by atoms with Gasteiger partial charge in [0.05, 0.1) is 36.2 Å². The number of ether oxygens (including phenoxy) is 1. The molecule has 0 radical (unpaired) electrons. The first-order valence-corrected chi connectivity index (χ1v) is 10.0. The minimum atomic E-state index is -0.441. The van der Waals surface area contributed by atoms with E-state index >= 15 is 0 Å². The van der Waals surface area contributed by atoms with Crippen molar-refractivity contribution in [1.29, 1.82) is 0 Å². The Labute approximate surface area is 174 Å². The predicted molar refractivity (Wildman–Crippen MR) is 108 cm³/mol. The standard InChI is InChI=1S/C21H24N6O3/c28-14-20-18(24-21(29)15-4-3-9-22-12-15)7-6-16(30-20)8-11-27-13-19(25-26-27)17-5-1-2-10-23-17/h1-5,9-10,12-13,16,18,20,28H,6-8,11,14H2,(H,24,29)/t16-,18-,20-/m0/s1. The average molecular weight is 408 g/mol. The molecule has 0 saturated carbocycles. The number of nitrogens with zero attached hydrogens (tertiary/aromatic N) is 5. The van der Waals surface area contributed by atoms with Crippen molar-refractivity contribution < 1.29 is 14.6 Å². The number of hydrogen-bond donors (Lipinski definition) is 2. The minimum absolute atomic E-state index is 0.0174. The maximum atomic E-state index is 12.4. The number of pyridine rings is 2. The molecule has 30 heavy (non-hydrogen) atoms. The summed E-state index contributed by atoms with van der Waals surface area (Å²) < 4.78 is 7.82. The van der Waals surface area contributed by atoms with Gasteiger partial charge in [0.2, 0.25) is 0 Å². The molecule has 1 fully saturated rings. The normalized spacial score (nSPS) is 21.3. The van der Waals surface area contributed by atoms with Crippen LogP contribution in [-0.4, -0.2) is 60.8 Å². The van der Waals surface area contributed by atoms with Gasteiger partial charge >= 0.3 is 0 Å². The Bertz CT molecular complexity index is 950. The van der Waals surface area contributed by atoms with E-state index in [9.17, 15) is 9.90 Å². The van der Waals surface area contributed by atoms with Crippen molar-refractivity contribution >= 4 is 5.91 Å². The Hall–Kier alpha value is -3.17. The first-order valence-electron chi connectivity index (χ1n) is 10.0. The second-order valence-electron chi connectivity index (χ2n) is 7.25. The number of aromatic nitrogens is 5. The SMILES string of the molecule is O=C(N[C@H]1CC[C@@H](CCn2cc(-c3ccccn3)nn2)O[C@H]1CO)c1cccnc1. The Morgan fingerprint density at radius 3 is 2.90 bits per heavy atom. The van der Waals surface area contributed by atoms with Crippen LogP contribution in [0.3, 0.4) is 0 Å². The lowest BCUT2D eigenvalue weighted by atomic mass is 9.97. The molecule has 3 aromatic rings. The third kappa shape index (κ3) is 4.87. The quantitative estimate of drug-likeness (QED) is 0.608. The number of hydrogen-bond acceptors (Lipinski definition) is 7. The van der Waals surface area contributed by atoms with E-state index in [-0.39, 0.29) is 24.7 Å². The third-order valence-corrected chi connectivity index (χ3v) is 5.18. The van der Waals surface area contributed by atoms with Crippen LogP contribution in [-0.2, 0) is 11.3 Å². The van der Waals surface area contributed by atoms with E-state index in [1.165, 1.54) is 6.20 Å². The summed E-state index contributed by atoms with van der Waals surface area (Å²) in [7, 11) is 0. The van der Waals surface area contributed by atoms with Crippen LogP contribution in [0.15, 0.2) is 55.1 Å². The van der Waals surface area contributed by atoms with Crippen LogP contribution in [0, 0.1) is 0 Å². The van der Waals surface area contributed by atoms with Gasteiger partial charge in [-0.15, -0.1) is 5.10 Å². The molecule has 3 aromatic heterocycles. The molecule has 1 saturated heterocycles. The second-order valence-corrected chi connectivity index (χ2v) is 7.25. The van der Waals surface area contributed by atoms with Gasteiger partial charge < -0.3 is 15.2 Å². The van der Waals surface area contributed by atoms with E-state index < -0.39 is 6.10 Å². The minimum Gasteiger partial charge on any atom is -0.394 e.